The van der Waals surface area contributed by atoms with Crippen molar-refractivity contribution < 1.29 is 27.4 Å². The van der Waals surface area contributed by atoms with Gasteiger partial charge in [0.25, 0.3) is 0 Å². The quantitative estimate of drug-likeness (QED) is 0.821. The molecule has 0 saturated carbocycles. The summed E-state index contributed by atoms with van der Waals surface area (Å²) in [6, 6.07) is 7.76. The van der Waals surface area contributed by atoms with Crippen LogP contribution in [0.5, 0.6) is 5.75 Å². The molecule has 2 unspecified atom stereocenters. The van der Waals surface area contributed by atoms with Gasteiger partial charge < -0.3 is 19.3 Å². The van der Waals surface area contributed by atoms with E-state index in [9.17, 15) is 18.0 Å². The monoisotopic (exact) mass is 424 g/mol. The first-order chi connectivity index (χ1) is 14.4. The average Bonchev–Trinajstić information content (AvgIpc) is 3.28. The van der Waals surface area contributed by atoms with Gasteiger partial charge >= 0.3 is 12.4 Å². The molecule has 0 radical (unpaired) electrons. The van der Waals surface area contributed by atoms with Gasteiger partial charge in [0.15, 0.2) is 0 Å². The second kappa shape index (κ2) is 8.55. The number of piperidine rings is 1. The lowest BCUT2D eigenvalue weighted by Crippen LogP contribution is -2.52. The Bertz CT molecular complexity index is 836. The smallest absolute Gasteiger partial charge is 0.406 e. The van der Waals surface area contributed by atoms with E-state index in [1.807, 2.05) is 11.0 Å². The maximum atomic E-state index is 13.1. The second-order valence-electron chi connectivity index (χ2n) is 7.55. The largest absolute Gasteiger partial charge is 0.573 e. The number of carbonyl (C=O) groups excluding carboxylic acids is 1. The summed E-state index contributed by atoms with van der Waals surface area (Å²) in [6.45, 7) is 3.21. The third kappa shape index (κ3) is 4.86. The van der Waals surface area contributed by atoms with Gasteiger partial charge in [-0.05, 0) is 30.2 Å². The zero-order valence-electron chi connectivity index (χ0n) is 16.3. The minimum absolute atomic E-state index is 0.0167. The maximum Gasteiger partial charge on any atom is 0.573 e. The summed E-state index contributed by atoms with van der Waals surface area (Å²) in [6.07, 6.45) is -2.29. The molecule has 30 heavy (non-hydrogen) atoms. The summed E-state index contributed by atoms with van der Waals surface area (Å²) in [4.78, 5) is 16.7. The van der Waals surface area contributed by atoms with Crippen LogP contribution in [0.2, 0.25) is 0 Å². The van der Waals surface area contributed by atoms with E-state index in [1.54, 1.807) is 23.2 Å². The van der Waals surface area contributed by atoms with Gasteiger partial charge in [0, 0.05) is 49.9 Å². The maximum absolute atomic E-state index is 13.1. The van der Waals surface area contributed by atoms with Crippen molar-refractivity contribution in [2.75, 3.05) is 39.4 Å². The van der Waals surface area contributed by atoms with E-state index in [0.717, 1.165) is 17.7 Å². The fraction of sp³-hybridized carbons (Fsp3) is 0.500. The molecule has 4 rings (SSSR count). The van der Waals surface area contributed by atoms with Gasteiger partial charge in [0.05, 0.1) is 13.2 Å². The molecule has 162 valence electrons. The van der Waals surface area contributed by atoms with Gasteiger partial charge in [0.2, 0.25) is 0 Å². The predicted molar refractivity (Wildman–Crippen MR) is 101 cm³/mol. The zero-order valence-corrected chi connectivity index (χ0v) is 16.3. The van der Waals surface area contributed by atoms with E-state index >= 15 is 0 Å². The van der Waals surface area contributed by atoms with Crippen molar-refractivity contribution in [3.8, 4) is 5.75 Å². The number of nitrogens with one attached hydrogen (secondary N) is 1. The zero-order chi connectivity index (χ0) is 21.1. The molecule has 2 aliphatic heterocycles. The van der Waals surface area contributed by atoms with Crippen molar-refractivity contribution in [2.24, 2.45) is 0 Å². The van der Waals surface area contributed by atoms with Gasteiger partial charge in [-0.3, -0.25) is 5.10 Å². The van der Waals surface area contributed by atoms with Crippen molar-refractivity contribution in [1.29, 1.82) is 0 Å². The number of urea groups is 1. The minimum Gasteiger partial charge on any atom is -0.406 e. The molecule has 1 aromatic heterocycles. The summed E-state index contributed by atoms with van der Waals surface area (Å²) >= 11 is 0. The Balaban J connectivity index is 1.53. The first-order valence-corrected chi connectivity index (χ1v) is 9.85. The van der Waals surface area contributed by atoms with Crippen LogP contribution in [0.4, 0.5) is 18.0 Å². The van der Waals surface area contributed by atoms with Crippen LogP contribution in [-0.4, -0.2) is 71.8 Å². The number of aromatic amines is 1. The van der Waals surface area contributed by atoms with Crippen molar-refractivity contribution in [2.45, 2.75) is 24.6 Å². The molecule has 2 amide bonds. The van der Waals surface area contributed by atoms with E-state index in [4.69, 9.17) is 4.74 Å². The number of rotatable bonds is 3. The highest BCUT2D eigenvalue weighted by atomic mass is 19.4. The Morgan fingerprint density at radius 1 is 1.07 bits per heavy atom. The van der Waals surface area contributed by atoms with Crippen LogP contribution in [-0.2, 0) is 4.74 Å². The predicted octanol–water partition coefficient (Wildman–Crippen LogP) is 3.33. The first-order valence-electron chi connectivity index (χ1n) is 9.85. The van der Waals surface area contributed by atoms with Crippen LogP contribution >= 0.6 is 0 Å². The Morgan fingerprint density at radius 3 is 2.40 bits per heavy atom. The number of morpholine rings is 1. The van der Waals surface area contributed by atoms with Crippen molar-refractivity contribution >= 4 is 6.03 Å². The average molecular weight is 424 g/mol. The molecular weight excluding hydrogens is 401 g/mol. The number of hydrogen-bond donors (Lipinski definition) is 1. The molecular formula is C20H23F3N4O3. The number of likely N-dealkylation sites (tertiary alicyclic amines) is 1. The third-order valence-electron chi connectivity index (χ3n) is 5.55. The van der Waals surface area contributed by atoms with Crippen molar-refractivity contribution in [3.05, 3.63) is 47.8 Å². The van der Waals surface area contributed by atoms with Crippen molar-refractivity contribution in [3.63, 3.8) is 0 Å². The van der Waals surface area contributed by atoms with Gasteiger partial charge in [-0.1, -0.05) is 12.1 Å². The third-order valence-corrected chi connectivity index (χ3v) is 5.55. The van der Waals surface area contributed by atoms with Gasteiger partial charge in [-0.2, -0.15) is 5.10 Å². The van der Waals surface area contributed by atoms with Crippen LogP contribution in [0.3, 0.4) is 0 Å². The van der Waals surface area contributed by atoms with E-state index in [1.165, 1.54) is 12.1 Å². The molecule has 2 atom stereocenters. The van der Waals surface area contributed by atoms with Crippen LogP contribution in [0.1, 0.15) is 29.5 Å². The SMILES string of the molecule is O=C(N1CCOCC1)N1CC(c2ccc(OC(F)(F)F)cc2)CC(c2ccn[nH]2)C1. The number of hydrogen-bond acceptors (Lipinski definition) is 4. The molecule has 10 heteroatoms. The summed E-state index contributed by atoms with van der Waals surface area (Å²) in [5.74, 6) is -0.215. The lowest BCUT2D eigenvalue weighted by molar-refractivity contribution is -0.274. The topological polar surface area (TPSA) is 70.7 Å². The molecule has 1 N–H and O–H groups in total. The molecule has 0 aliphatic carbocycles. The van der Waals surface area contributed by atoms with Crippen LogP contribution in [0.25, 0.3) is 0 Å². The highest BCUT2D eigenvalue weighted by Gasteiger charge is 2.35. The lowest BCUT2D eigenvalue weighted by Gasteiger charge is -2.41. The van der Waals surface area contributed by atoms with E-state index in [-0.39, 0.29) is 23.6 Å². The van der Waals surface area contributed by atoms with E-state index in [2.05, 4.69) is 14.9 Å². The van der Waals surface area contributed by atoms with Crippen molar-refractivity contribution in [1.82, 2.24) is 20.0 Å². The molecule has 0 spiro atoms. The molecule has 2 aromatic rings. The molecule has 3 heterocycles. The Kier molecular flexibility index (Phi) is 5.85. The fourth-order valence-corrected chi connectivity index (χ4v) is 4.11. The first kappa shape index (κ1) is 20.5. The van der Waals surface area contributed by atoms with E-state index in [0.29, 0.717) is 39.4 Å². The molecule has 2 aliphatic rings. The summed E-state index contributed by atoms with van der Waals surface area (Å²) < 4.78 is 46.6. The van der Waals surface area contributed by atoms with Crippen LogP contribution in [0.15, 0.2) is 36.5 Å². The Morgan fingerprint density at radius 2 is 1.77 bits per heavy atom. The number of alkyl halides is 3. The number of ether oxygens (including phenoxy) is 2. The Hall–Kier alpha value is -2.75. The summed E-state index contributed by atoms with van der Waals surface area (Å²) in [5.41, 5.74) is 1.81. The fourth-order valence-electron chi connectivity index (χ4n) is 4.11. The highest BCUT2D eigenvalue weighted by molar-refractivity contribution is 5.75. The number of benzene rings is 1. The molecule has 7 nitrogen and oxygen atoms in total. The van der Waals surface area contributed by atoms with Gasteiger partial charge in [-0.15, -0.1) is 13.2 Å². The molecule has 1 aromatic carbocycles. The lowest BCUT2D eigenvalue weighted by atomic mass is 9.83. The molecule has 2 fully saturated rings. The normalized spacial score (nSPS) is 22.8. The summed E-state index contributed by atoms with van der Waals surface area (Å²) in [5, 5.41) is 7.01. The second-order valence-corrected chi connectivity index (χ2v) is 7.55. The number of aromatic nitrogens is 2. The number of amides is 2. The van der Waals surface area contributed by atoms with Gasteiger partial charge in [0.1, 0.15) is 5.75 Å². The standard InChI is InChI=1S/C20H23F3N4O3/c21-20(22,23)30-17-3-1-14(2-4-17)15-11-16(18-5-6-24-25-18)13-27(12-15)19(28)26-7-9-29-10-8-26/h1-6,15-16H,7-13H2,(H,24,25). The number of H-pyrrole nitrogens is 1. The van der Waals surface area contributed by atoms with Crippen LogP contribution in [0, 0.1) is 0 Å². The number of halogens is 3. The Labute approximate surface area is 171 Å². The van der Waals surface area contributed by atoms with Crippen LogP contribution < -0.4 is 4.74 Å². The minimum atomic E-state index is -4.72. The molecule has 0 bridgehead atoms. The number of carbonyl (C=O) groups is 1. The summed E-state index contributed by atoms with van der Waals surface area (Å²) in [7, 11) is 0. The van der Waals surface area contributed by atoms with Gasteiger partial charge in [-0.25, -0.2) is 4.79 Å². The molecule has 2 saturated heterocycles. The number of nitrogens with zero attached hydrogens (tertiary/aromatic N) is 3. The highest BCUT2D eigenvalue weighted by Crippen LogP contribution is 2.36. The van der Waals surface area contributed by atoms with E-state index < -0.39 is 6.36 Å².